The third-order valence-electron chi connectivity index (χ3n) is 7.43. The Kier molecular flexibility index (Phi) is 11.8. The molecule has 3 rings (SSSR count). The van der Waals surface area contributed by atoms with E-state index in [1.54, 1.807) is 21.3 Å². The van der Waals surface area contributed by atoms with E-state index in [1.165, 1.54) is 3.58 Å². The Morgan fingerprint density at radius 3 is 2.34 bits per heavy atom. The Bertz CT molecular complexity index is 1280. The van der Waals surface area contributed by atoms with E-state index in [-0.39, 0.29) is 21.3 Å². The van der Waals surface area contributed by atoms with Crippen molar-refractivity contribution in [2.24, 2.45) is 11.5 Å². The SMILES string of the molecule is COc1ccc([C@@H]2CC(=O)c3c(cc(OC)c(CCC(C)(C)N)c3OC)O2)c(C/C=C(\I)CCCC(C)(N)I)c1C. The number of halogens is 2. The molecule has 2 aromatic carbocycles. The number of Topliss-reactive ketones (excluding diaryl/α,β-unsaturated/α-hetero) is 1. The molecule has 0 amide bonds. The van der Waals surface area contributed by atoms with E-state index in [0.29, 0.717) is 42.1 Å². The third-order valence-corrected chi connectivity index (χ3v) is 8.95. The van der Waals surface area contributed by atoms with Crippen molar-refractivity contribution in [3.63, 3.8) is 0 Å². The fourth-order valence-electron chi connectivity index (χ4n) is 5.21. The molecule has 0 fully saturated rings. The van der Waals surface area contributed by atoms with Crippen LogP contribution in [-0.2, 0) is 12.8 Å². The van der Waals surface area contributed by atoms with Gasteiger partial charge in [-0.15, -0.1) is 0 Å². The lowest BCUT2D eigenvalue weighted by molar-refractivity contribution is 0.0842. The summed E-state index contributed by atoms with van der Waals surface area (Å²) in [5.74, 6) is 2.41. The molecule has 9 heteroatoms. The van der Waals surface area contributed by atoms with Crippen LogP contribution in [-0.4, -0.2) is 36.2 Å². The highest BCUT2D eigenvalue weighted by Gasteiger charge is 2.35. The fraction of sp³-hybridized carbons (Fsp3) is 0.531. The summed E-state index contributed by atoms with van der Waals surface area (Å²) in [5.41, 5.74) is 16.5. The highest BCUT2D eigenvalue weighted by Crippen LogP contribution is 2.47. The summed E-state index contributed by atoms with van der Waals surface area (Å²) in [7, 11) is 4.88. The zero-order chi connectivity index (χ0) is 30.5. The van der Waals surface area contributed by atoms with Gasteiger partial charge in [0.05, 0.1) is 31.3 Å². The van der Waals surface area contributed by atoms with Gasteiger partial charge in [0, 0.05) is 17.2 Å². The van der Waals surface area contributed by atoms with Gasteiger partial charge in [0.15, 0.2) is 5.78 Å². The molecule has 1 aliphatic rings. The number of rotatable bonds is 13. The van der Waals surface area contributed by atoms with Crippen LogP contribution in [0.5, 0.6) is 23.0 Å². The number of benzene rings is 2. The van der Waals surface area contributed by atoms with Crippen molar-refractivity contribution in [2.45, 2.75) is 87.8 Å². The summed E-state index contributed by atoms with van der Waals surface area (Å²) in [4.78, 5) is 13.7. The number of nitrogens with two attached hydrogens (primary N) is 2. The lowest BCUT2D eigenvalue weighted by atomic mass is 9.87. The minimum Gasteiger partial charge on any atom is -0.496 e. The molecule has 0 spiro atoms. The van der Waals surface area contributed by atoms with E-state index in [1.807, 2.05) is 39.0 Å². The summed E-state index contributed by atoms with van der Waals surface area (Å²) in [6, 6.07) is 5.79. The monoisotopic (exact) mass is 790 g/mol. The summed E-state index contributed by atoms with van der Waals surface area (Å²) in [6.45, 7) is 8.07. The molecule has 1 heterocycles. The number of carbonyl (C=O) groups is 1. The van der Waals surface area contributed by atoms with Gasteiger partial charge in [-0.25, -0.2) is 0 Å². The summed E-state index contributed by atoms with van der Waals surface area (Å²) >= 11 is 4.71. The Balaban J connectivity index is 1.97. The van der Waals surface area contributed by atoms with E-state index < -0.39 is 6.10 Å². The first-order chi connectivity index (χ1) is 19.2. The average molecular weight is 791 g/mol. The first-order valence-corrected chi connectivity index (χ1v) is 16.1. The van der Waals surface area contributed by atoms with Crippen LogP contribution in [0.25, 0.3) is 0 Å². The van der Waals surface area contributed by atoms with Crippen molar-refractivity contribution in [1.29, 1.82) is 0 Å². The largest absolute Gasteiger partial charge is 0.496 e. The molecule has 0 radical (unpaired) electrons. The highest BCUT2D eigenvalue weighted by molar-refractivity contribution is 14.1. The number of ether oxygens (including phenoxy) is 4. The van der Waals surface area contributed by atoms with Crippen LogP contribution in [0.4, 0.5) is 0 Å². The fourth-order valence-corrected chi connectivity index (χ4v) is 6.19. The lowest BCUT2D eigenvalue weighted by Gasteiger charge is -2.30. The lowest BCUT2D eigenvalue weighted by Crippen LogP contribution is -2.32. The molecular formula is C32H44I2N2O5. The second kappa shape index (κ2) is 14.3. The number of hydrogen-bond acceptors (Lipinski definition) is 7. The van der Waals surface area contributed by atoms with E-state index >= 15 is 0 Å². The minimum atomic E-state index is -0.444. The van der Waals surface area contributed by atoms with Crippen molar-refractivity contribution in [1.82, 2.24) is 0 Å². The van der Waals surface area contributed by atoms with Crippen molar-refractivity contribution >= 4 is 51.0 Å². The van der Waals surface area contributed by atoms with Crippen LogP contribution in [0, 0.1) is 6.92 Å². The molecule has 0 aromatic heterocycles. The van der Waals surface area contributed by atoms with Gasteiger partial charge >= 0.3 is 0 Å². The maximum Gasteiger partial charge on any atom is 0.174 e. The van der Waals surface area contributed by atoms with Gasteiger partial charge in [0.25, 0.3) is 0 Å². The van der Waals surface area contributed by atoms with Crippen molar-refractivity contribution in [3.8, 4) is 23.0 Å². The number of allylic oxidation sites excluding steroid dienone is 2. The smallest absolute Gasteiger partial charge is 0.174 e. The normalized spacial score (nSPS) is 17.0. The van der Waals surface area contributed by atoms with Crippen LogP contribution in [0.3, 0.4) is 0 Å². The molecule has 7 nitrogen and oxygen atoms in total. The van der Waals surface area contributed by atoms with E-state index in [9.17, 15) is 4.79 Å². The van der Waals surface area contributed by atoms with Crippen LogP contribution in [0.2, 0.25) is 0 Å². The molecule has 0 saturated carbocycles. The molecule has 226 valence electrons. The predicted molar refractivity (Wildman–Crippen MR) is 182 cm³/mol. The van der Waals surface area contributed by atoms with E-state index in [0.717, 1.165) is 47.3 Å². The Hall–Kier alpha value is -1.57. The van der Waals surface area contributed by atoms with Crippen LogP contribution in [0.15, 0.2) is 27.9 Å². The highest BCUT2D eigenvalue weighted by atomic mass is 127. The number of ketones is 1. The molecule has 0 saturated heterocycles. The molecule has 1 unspecified atom stereocenters. The molecule has 41 heavy (non-hydrogen) atoms. The number of alkyl halides is 1. The van der Waals surface area contributed by atoms with Gasteiger partial charge in [-0.3, -0.25) is 4.79 Å². The Morgan fingerprint density at radius 2 is 1.76 bits per heavy atom. The number of carbonyl (C=O) groups excluding carboxylic acids is 1. The summed E-state index contributed by atoms with van der Waals surface area (Å²) < 4.78 is 24.8. The quantitative estimate of drug-likeness (QED) is 0.123. The molecule has 0 aliphatic carbocycles. The molecule has 0 bridgehead atoms. The number of methoxy groups -OCH3 is 3. The molecule has 2 aromatic rings. The zero-order valence-corrected chi connectivity index (χ0v) is 29.6. The summed E-state index contributed by atoms with van der Waals surface area (Å²) in [5, 5.41) is 0. The minimum absolute atomic E-state index is 0.0165. The first kappa shape index (κ1) is 33.9. The van der Waals surface area contributed by atoms with Gasteiger partial charge in [-0.05, 0) is 115 Å². The Labute approximate surface area is 272 Å². The second-order valence-corrected chi connectivity index (χ2v) is 15.5. The van der Waals surface area contributed by atoms with Gasteiger partial charge in [-0.2, -0.15) is 0 Å². The predicted octanol–water partition coefficient (Wildman–Crippen LogP) is 7.54. The van der Waals surface area contributed by atoms with Crippen LogP contribution in [0.1, 0.15) is 91.6 Å². The van der Waals surface area contributed by atoms with Crippen molar-refractivity contribution in [2.75, 3.05) is 21.3 Å². The third kappa shape index (κ3) is 8.96. The van der Waals surface area contributed by atoms with Gasteiger partial charge in [-0.1, -0.05) is 34.7 Å². The standard InChI is InChI=1S/C32H44I2N2O5/c1-19-21(11-10-20(33)9-8-15-32(4,34)36)22(12-13-25(19)38-5)27-17-24(37)29-28(41-27)18-26(39-6)23(30(29)40-7)14-16-31(2,3)35/h10,12-13,18,27H,8-9,11,14-17,35-36H2,1-7H3/b20-10-/t27-,32?/m0/s1. The van der Waals surface area contributed by atoms with Gasteiger partial charge in [0.2, 0.25) is 0 Å². The molecular weight excluding hydrogens is 746 g/mol. The first-order valence-electron chi connectivity index (χ1n) is 13.9. The zero-order valence-electron chi connectivity index (χ0n) is 25.3. The van der Waals surface area contributed by atoms with E-state index in [4.69, 9.17) is 30.4 Å². The Morgan fingerprint density at radius 1 is 1.07 bits per heavy atom. The topological polar surface area (TPSA) is 106 Å². The molecule has 4 N–H and O–H groups in total. The maximum atomic E-state index is 13.7. The van der Waals surface area contributed by atoms with Crippen molar-refractivity contribution < 1.29 is 23.7 Å². The van der Waals surface area contributed by atoms with Crippen molar-refractivity contribution in [3.05, 3.63) is 55.7 Å². The number of hydrogen-bond donors (Lipinski definition) is 2. The second-order valence-electron chi connectivity index (χ2n) is 11.6. The average Bonchev–Trinajstić information content (AvgIpc) is 2.88. The number of fused-ring (bicyclic) bond motifs is 1. The summed E-state index contributed by atoms with van der Waals surface area (Å²) in [6.07, 6.45) is 7.01. The molecule has 1 aliphatic heterocycles. The van der Waals surface area contributed by atoms with Crippen LogP contribution >= 0.6 is 45.2 Å². The van der Waals surface area contributed by atoms with Gasteiger partial charge in [0.1, 0.15) is 34.7 Å². The van der Waals surface area contributed by atoms with Crippen LogP contribution < -0.4 is 30.4 Å². The molecule has 2 atom stereocenters. The van der Waals surface area contributed by atoms with Gasteiger partial charge < -0.3 is 30.4 Å². The van der Waals surface area contributed by atoms with E-state index in [2.05, 4.69) is 58.2 Å². The maximum absolute atomic E-state index is 13.7.